The fourth-order valence-corrected chi connectivity index (χ4v) is 8.48. The molecule has 1 fully saturated rings. The molecular formula is C30H37ClF3N3O7S. The molecule has 0 bridgehead atoms. The monoisotopic (exact) mass is 675 g/mol. The zero-order valence-corrected chi connectivity index (χ0v) is 27.0. The summed E-state index contributed by atoms with van der Waals surface area (Å²) in [5.74, 6) is -7.39. The first-order valence-electron chi connectivity index (χ1n) is 14.2. The summed E-state index contributed by atoms with van der Waals surface area (Å²) in [5, 5.41) is 17.3. The Morgan fingerprint density at radius 2 is 1.73 bits per heavy atom. The predicted molar refractivity (Wildman–Crippen MR) is 161 cm³/mol. The number of rotatable bonds is 11. The number of benzene rings is 2. The van der Waals surface area contributed by atoms with Crippen LogP contribution in [0.3, 0.4) is 0 Å². The quantitative estimate of drug-likeness (QED) is 0.249. The molecule has 1 aliphatic carbocycles. The van der Waals surface area contributed by atoms with Crippen molar-refractivity contribution < 1.29 is 45.8 Å². The highest BCUT2D eigenvalue weighted by molar-refractivity contribution is 7.92. The number of alkyl carbamates (subject to hydrolysis) is 1. The molecule has 0 spiro atoms. The number of amides is 3. The SMILES string of the molecule is COC(=O)NC(C(=O)NCC(C)(O)C[C@@H]1CCC(C)C1S(=O)(=O)c1cc(C(=O)Nc2cc(F)c(F)c(F)c2)ccc1Cl)C(C)C. The summed E-state index contributed by atoms with van der Waals surface area (Å²) in [5.41, 5.74) is -2.09. The van der Waals surface area contributed by atoms with Crippen LogP contribution in [0.4, 0.5) is 23.7 Å². The maximum Gasteiger partial charge on any atom is 0.407 e. The van der Waals surface area contributed by atoms with Crippen LogP contribution in [0, 0.1) is 35.2 Å². The second kappa shape index (κ2) is 14.4. The molecule has 45 heavy (non-hydrogen) atoms. The van der Waals surface area contributed by atoms with Crippen molar-refractivity contribution in [1.82, 2.24) is 10.6 Å². The highest BCUT2D eigenvalue weighted by Gasteiger charge is 2.46. The number of methoxy groups -OCH3 is 1. The van der Waals surface area contributed by atoms with Gasteiger partial charge in [-0.15, -0.1) is 0 Å². The summed E-state index contributed by atoms with van der Waals surface area (Å²) >= 11 is 6.31. The molecule has 2 aromatic rings. The van der Waals surface area contributed by atoms with Crippen LogP contribution in [-0.4, -0.2) is 62.0 Å². The van der Waals surface area contributed by atoms with Crippen molar-refractivity contribution in [3.05, 3.63) is 58.4 Å². The van der Waals surface area contributed by atoms with Gasteiger partial charge in [0.15, 0.2) is 27.3 Å². The summed E-state index contributed by atoms with van der Waals surface area (Å²) in [7, 11) is -3.04. The standard InChI is InChI=1S/C30H37ClF3N3O7S/c1-15(2)25(37-29(40)44-5)28(39)35-14-30(4,41)13-18-7-6-16(3)26(18)45(42,43)23-10-17(8-9-20(23)31)27(38)36-19-11-21(32)24(34)22(33)12-19/h8-12,15-16,18,25-26,41H,6-7,13-14H2,1-5H3,(H,35,39)(H,36,38)(H,37,40)/t16?,18-,25?,26?,30?/m0/s1. The van der Waals surface area contributed by atoms with Crippen LogP contribution in [0.15, 0.2) is 35.2 Å². The third-order valence-electron chi connectivity index (χ3n) is 7.87. The Kier molecular flexibility index (Phi) is 11.5. The first kappa shape index (κ1) is 36.1. The Bertz CT molecular complexity index is 1530. The second-order valence-electron chi connectivity index (χ2n) is 12.0. The smallest absolute Gasteiger partial charge is 0.407 e. The Labute approximate surface area is 265 Å². The van der Waals surface area contributed by atoms with E-state index in [0.29, 0.717) is 25.0 Å². The summed E-state index contributed by atoms with van der Waals surface area (Å²) in [6.07, 6.45) is 0.182. The van der Waals surface area contributed by atoms with E-state index in [-0.39, 0.29) is 46.0 Å². The molecule has 1 aliphatic rings. The topological polar surface area (TPSA) is 151 Å². The highest BCUT2D eigenvalue weighted by Crippen LogP contribution is 2.43. The van der Waals surface area contributed by atoms with Gasteiger partial charge in [0.2, 0.25) is 5.91 Å². The average molecular weight is 676 g/mol. The maximum atomic E-state index is 14.0. The van der Waals surface area contributed by atoms with E-state index < -0.39 is 68.0 Å². The minimum absolute atomic E-state index is 0.00220. The number of halogens is 4. The minimum atomic E-state index is -4.20. The molecule has 1 saturated carbocycles. The van der Waals surface area contributed by atoms with Crippen molar-refractivity contribution in [2.24, 2.45) is 17.8 Å². The van der Waals surface area contributed by atoms with Gasteiger partial charge in [-0.05, 0) is 62.1 Å². The first-order chi connectivity index (χ1) is 20.9. The molecule has 3 amide bonds. The zero-order chi connectivity index (χ0) is 33.9. The molecular weight excluding hydrogens is 639 g/mol. The molecule has 0 heterocycles. The molecule has 0 aliphatic heterocycles. The van der Waals surface area contributed by atoms with E-state index in [0.717, 1.165) is 6.07 Å². The molecule has 15 heteroatoms. The molecule has 0 radical (unpaired) electrons. The zero-order valence-electron chi connectivity index (χ0n) is 25.4. The van der Waals surface area contributed by atoms with E-state index >= 15 is 0 Å². The van der Waals surface area contributed by atoms with Gasteiger partial charge in [-0.25, -0.2) is 26.4 Å². The van der Waals surface area contributed by atoms with Gasteiger partial charge in [0.25, 0.3) is 5.91 Å². The van der Waals surface area contributed by atoms with Crippen molar-refractivity contribution in [2.45, 2.75) is 68.7 Å². The van der Waals surface area contributed by atoms with Crippen molar-refractivity contribution in [2.75, 3.05) is 19.0 Å². The Balaban J connectivity index is 1.80. The van der Waals surface area contributed by atoms with Crippen LogP contribution in [0.25, 0.3) is 0 Å². The summed E-state index contributed by atoms with van der Waals surface area (Å²) < 4.78 is 73.2. The van der Waals surface area contributed by atoms with E-state index in [1.165, 1.54) is 26.2 Å². The fraction of sp³-hybridized carbons (Fsp3) is 0.500. The maximum absolute atomic E-state index is 14.0. The van der Waals surface area contributed by atoms with Crippen molar-refractivity contribution >= 4 is 45.0 Å². The number of nitrogens with one attached hydrogen (secondary N) is 3. The predicted octanol–water partition coefficient (Wildman–Crippen LogP) is 4.84. The molecule has 4 N–H and O–H groups in total. The van der Waals surface area contributed by atoms with Crippen LogP contribution in [0.5, 0.6) is 0 Å². The number of carbonyl (C=O) groups is 3. The van der Waals surface area contributed by atoms with Crippen LogP contribution in [0.2, 0.25) is 5.02 Å². The Hall–Kier alpha value is -3.36. The van der Waals surface area contributed by atoms with Gasteiger partial charge >= 0.3 is 6.09 Å². The fourth-order valence-electron chi connectivity index (χ4n) is 5.63. The molecule has 0 saturated heterocycles. The molecule has 248 valence electrons. The van der Waals surface area contributed by atoms with Crippen molar-refractivity contribution in [3.8, 4) is 0 Å². The van der Waals surface area contributed by atoms with Crippen LogP contribution in [-0.2, 0) is 19.4 Å². The van der Waals surface area contributed by atoms with E-state index in [9.17, 15) is 41.1 Å². The number of ether oxygens (including phenoxy) is 1. The van der Waals surface area contributed by atoms with Gasteiger partial charge in [-0.3, -0.25) is 9.59 Å². The van der Waals surface area contributed by atoms with Gasteiger partial charge < -0.3 is 25.8 Å². The van der Waals surface area contributed by atoms with Gasteiger partial charge in [0.1, 0.15) is 6.04 Å². The van der Waals surface area contributed by atoms with Crippen LogP contribution >= 0.6 is 11.6 Å². The molecule has 0 aromatic heterocycles. The first-order valence-corrected chi connectivity index (χ1v) is 16.1. The van der Waals surface area contributed by atoms with Crippen molar-refractivity contribution in [3.63, 3.8) is 0 Å². The highest BCUT2D eigenvalue weighted by atomic mass is 35.5. The molecule has 3 rings (SSSR count). The number of hydrogen-bond acceptors (Lipinski definition) is 7. The number of anilines is 1. The number of aliphatic hydroxyl groups is 1. The summed E-state index contributed by atoms with van der Waals surface area (Å²) in [6, 6.07) is 3.74. The molecule has 2 aromatic carbocycles. The Morgan fingerprint density at radius 1 is 1.11 bits per heavy atom. The van der Waals surface area contributed by atoms with Gasteiger partial charge in [-0.1, -0.05) is 32.4 Å². The third kappa shape index (κ3) is 8.67. The number of hydrogen-bond donors (Lipinski definition) is 4. The normalized spacial score (nSPS) is 20.3. The lowest BCUT2D eigenvalue weighted by molar-refractivity contribution is -0.125. The largest absolute Gasteiger partial charge is 0.453 e. The third-order valence-corrected chi connectivity index (χ3v) is 10.8. The van der Waals surface area contributed by atoms with E-state index in [1.54, 1.807) is 20.8 Å². The summed E-state index contributed by atoms with van der Waals surface area (Å²) in [6.45, 7) is 6.44. The second-order valence-corrected chi connectivity index (χ2v) is 14.4. The lowest BCUT2D eigenvalue weighted by Gasteiger charge is -2.32. The van der Waals surface area contributed by atoms with Gasteiger partial charge in [-0.2, -0.15) is 0 Å². The molecule has 10 nitrogen and oxygen atoms in total. The van der Waals surface area contributed by atoms with Gasteiger partial charge in [0.05, 0.1) is 27.9 Å². The number of sulfone groups is 1. The van der Waals surface area contributed by atoms with Crippen molar-refractivity contribution in [1.29, 1.82) is 0 Å². The van der Waals surface area contributed by atoms with E-state index in [1.807, 2.05) is 0 Å². The van der Waals surface area contributed by atoms with Crippen LogP contribution < -0.4 is 16.0 Å². The number of carbonyl (C=O) groups excluding carboxylic acids is 3. The molecule has 4 unspecified atom stereocenters. The summed E-state index contributed by atoms with van der Waals surface area (Å²) in [4.78, 5) is 37.0. The van der Waals surface area contributed by atoms with Crippen LogP contribution in [0.1, 0.15) is 57.3 Å². The minimum Gasteiger partial charge on any atom is -0.453 e. The lowest BCUT2D eigenvalue weighted by Crippen LogP contribution is -2.53. The van der Waals surface area contributed by atoms with E-state index in [4.69, 9.17) is 11.6 Å². The average Bonchev–Trinajstić information content (AvgIpc) is 3.32. The Morgan fingerprint density at radius 3 is 2.31 bits per heavy atom. The van der Waals surface area contributed by atoms with Gasteiger partial charge in [0, 0.05) is 29.9 Å². The lowest BCUT2D eigenvalue weighted by atomic mass is 9.89. The van der Waals surface area contributed by atoms with E-state index in [2.05, 4.69) is 20.7 Å². The molecule has 5 atom stereocenters.